The summed E-state index contributed by atoms with van der Waals surface area (Å²) in [7, 11) is -1.81. The van der Waals surface area contributed by atoms with Crippen molar-refractivity contribution < 1.29 is 17.9 Å². The van der Waals surface area contributed by atoms with Crippen LogP contribution in [0.3, 0.4) is 0 Å². The second kappa shape index (κ2) is 7.25. The summed E-state index contributed by atoms with van der Waals surface area (Å²) in [5.74, 6) is 0.530. The Bertz CT molecular complexity index is 981. The van der Waals surface area contributed by atoms with E-state index in [1.54, 1.807) is 12.0 Å². The number of benzene rings is 1. The Hall–Kier alpha value is -2.32. The molecule has 1 aliphatic carbocycles. The molecule has 1 atom stereocenters. The van der Waals surface area contributed by atoms with Crippen LogP contribution < -0.4 is 4.74 Å². The Labute approximate surface area is 165 Å². The quantitative estimate of drug-likeness (QED) is 0.738. The van der Waals surface area contributed by atoms with Crippen molar-refractivity contribution in [2.45, 2.75) is 31.5 Å². The summed E-state index contributed by atoms with van der Waals surface area (Å²) in [5.41, 5.74) is 1.90. The molecule has 1 aromatic carbocycles. The molecule has 1 saturated carbocycles. The molecule has 2 heterocycles. The van der Waals surface area contributed by atoms with E-state index in [4.69, 9.17) is 4.74 Å². The first kappa shape index (κ1) is 19.0. The van der Waals surface area contributed by atoms with Crippen LogP contribution in [0.5, 0.6) is 5.75 Å². The second-order valence-electron chi connectivity index (χ2n) is 7.40. The molecule has 150 valence electrons. The zero-order valence-electron chi connectivity index (χ0n) is 16.1. The van der Waals surface area contributed by atoms with Crippen LogP contribution in [-0.2, 0) is 21.4 Å². The predicted octanol–water partition coefficient (Wildman–Crippen LogP) is 1.85. The SMILES string of the molecule is COc1ccccc1[C@@H]1c2cccn2CCN1C(=O)CN(C1CC1)S(C)(=O)=O. The maximum absolute atomic E-state index is 13.3. The number of amides is 1. The van der Waals surface area contributed by atoms with Gasteiger partial charge in [0.15, 0.2) is 0 Å². The van der Waals surface area contributed by atoms with Crippen molar-refractivity contribution in [3.63, 3.8) is 0 Å². The minimum atomic E-state index is -3.42. The van der Waals surface area contributed by atoms with Gasteiger partial charge < -0.3 is 14.2 Å². The molecule has 1 amide bonds. The number of carbonyl (C=O) groups excluding carboxylic acids is 1. The van der Waals surface area contributed by atoms with E-state index >= 15 is 0 Å². The fourth-order valence-corrected chi connectivity index (χ4v) is 5.07. The number of ether oxygens (including phenoxy) is 1. The van der Waals surface area contributed by atoms with Gasteiger partial charge in [0.1, 0.15) is 11.8 Å². The molecule has 0 N–H and O–H groups in total. The Morgan fingerprint density at radius 2 is 1.93 bits per heavy atom. The lowest BCUT2D eigenvalue weighted by atomic mass is 9.98. The van der Waals surface area contributed by atoms with Crippen molar-refractivity contribution in [3.05, 3.63) is 53.9 Å². The summed E-state index contributed by atoms with van der Waals surface area (Å²) in [4.78, 5) is 15.1. The van der Waals surface area contributed by atoms with Crippen molar-refractivity contribution >= 4 is 15.9 Å². The lowest BCUT2D eigenvalue weighted by Gasteiger charge is -2.38. The minimum absolute atomic E-state index is 0.0442. The molecule has 0 unspecified atom stereocenters. The number of rotatable bonds is 6. The number of fused-ring (bicyclic) bond motifs is 1. The standard InChI is InChI=1S/C20H25N3O4S/c1-27-18-8-4-3-6-16(18)20-17-7-5-11-21(17)12-13-22(20)19(24)14-23(15-9-10-15)28(2,25)26/h3-8,11,15,20H,9-10,12-14H2,1-2H3/t20-/m1/s1. The van der Waals surface area contributed by atoms with Crippen LogP contribution in [0.4, 0.5) is 0 Å². The van der Waals surface area contributed by atoms with Gasteiger partial charge in [-0.05, 0) is 31.0 Å². The van der Waals surface area contributed by atoms with Crippen LogP contribution in [0.2, 0.25) is 0 Å². The van der Waals surface area contributed by atoms with Crippen molar-refractivity contribution in [3.8, 4) is 5.75 Å². The summed E-state index contributed by atoms with van der Waals surface area (Å²) in [5, 5.41) is 0. The first-order valence-electron chi connectivity index (χ1n) is 9.44. The van der Waals surface area contributed by atoms with Gasteiger partial charge in [0, 0.05) is 36.6 Å². The van der Waals surface area contributed by atoms with Crippen LogP contribution in [0.1, 0.15) is 30.1 Å². The van der Waals surface area contributed by atoms with Gasteiger partial charge in [-0.25, -0.2) is 8.42 Å². The van der Waals surface area contributed by atoms with Gasteiger partial charge in [0.05, 0.1) is 19.9 Å². The number of hydrogen-bond donors (Lipinski definition) is 0. The molecule has 0 radical (unpaired) electrons. The smallest absolute Gasteiger partial charge is 0.238 e. The van der Waals surface area contributed by atoms with E-state index in [2.05, 4.69) is 4.57 Å². The Kier molecular flexibility index (Phi) is 4.93. The van der Waals surface area contributed by atoms with Crippen LogP contribution in [0.15, 0.2) is 42.6 Å². The summed E-state index contributed by atoms with van der Waals surface area (Å²) in [6.07, 6.45) is 4.82. The van der Waals surface area contributed by atoms with E-state index in [9.17, 15) is 13.2 Å². The van der Waals surface area contributed by atoms with E-state index in [1.165, 1.54) is 10.6 Å². The predicted molar refractivity (Wildman–Crippen MR) is 106 cm³/mol. The van der Waals surface area contributed by atoms with Crippen molar-refractivity contribution in [1.29, 1.82) is 0 Å². The average molecular weight is 404 g/mol. The normalized spacial score (nSPS) is 19.5. The van der Waals surface area contributed by atoms with Crippen LogP contribution in [-0.4, -0.2) is 60.6 Å². The van der Waals surface area contributed by atoms with Gasteiger partial charge in [0.25, 0.3) is 0 Å². The fraction of sp³-hybridized carbons (Fsp3) is 0.450. The molecule has 2 aliphatic rings. The van der Waals surface area contributed by atoms with E-state index in [0.717, 1.165) is 24.1 Å². The first-order valence-corrected chi connectivity index (χ1v) is 11.3. The summed E-state index contributed by atoms with van der Waals surface area (Å²) in [6, 6.07) is 11.3. The number of aromatic nitrogens is 1. The number of para-hydroxylation sites is 1. The zero-order chi connectivity index (χ0) is 19.9. The maximum Gasteiger partial charge on any atom is 0.238 e. The van der Waals surface area contributed by atoms with Crippen molar-refractivity contribution in [2.75, 3.05) is 26.5 Å². The first-order chi connectivity index (χ1) is 13.4. The summed E-state index contributed by atoms with van der Waals surface area (Å²) in [6.45, 7) is 1.09. The number of hydrogen-bond acceptors (Lipinski definition) is 4. The highest BCUT2D eigenvalue weighted by Gasteiger charge is 2.40. The van der Waals surface area contributed by atoms with Crippen LogP contribution in [0.25, 0.3) is 0 Å². The third kappa shape index (κ3) is 3.54. The molecule has 0 spiro atoms. The van der Waals surface area contributed by atoms with Gasteiger partial charge in [-0.15, -0.1) is 0 Å². The Morgan fingerprint density at radius 3 is 2.61 bits per heavy atom. The van der Waals surface area contributed by atoms with E-state index in [0.29, 0.717) is 18.8 Å². The highest BCUT2D eigenvalue weighted by molar-refractivity contribution is 7.88. The van der Waals surface area contributed by atoms with E-state index in [1.807, 2.05) is 42.6 Å². The van der Waals surface area contributed by atoms with Crippen molar-refractivity contribution in [1.82, 2.24) is 13.8 Å². The maximum atomic E-state index is 13.3. The molecule has 4 rings (SSSR count). The van der Waals surface area contributed by atoms with Gasteiger partial charge in [-0.1, -0.05) is 18.2 Å². The second-order valence-corrected chi connectivity index (χ2v) is 9.33. The van der Waals surface area contributed by atoms with Gasteiger partial charge in [-0.2, -0.15) is 4.31 Å². The van der Waals surface area contributed by atoms with Gasteiger partial charge >= 0.3 is 0 Å². The minimum Gasteiger partial charge on any atom is -0.496 e. The molecule has 0 bridgehead atoms. The summed E-state index contributed by atoms with van der Waals surface area (Å²) >= 11 is 0. The lowest BCUT2D eigenvalue weighted by molar-refractivity contribution is -0.134. The number of nitrogens with zero attached hydrogens (tertiary/aromatic N) is 3. The molecule has 28 heavy (non-hydrogen) atoms. The highest BCUT2D eigenvalue weighted by Crippen LogP contribution is 2.37. The number of carbonyl (C=O) groups is 1. The average Bonchev–Trinajstić information content (AvgIpc) is 3.39. The molecule has 7 nitrogen and oxygen atoms in total. The van der Waals surface area contributed by atoms with E-state index < -0.39 is 10.0 Å². The van der Waals surface area contributed by atoms with Gasteiger partial charge in [0.2, 0.25) is 15.9 Å². The molecule has 8 heteroatoms. The molecule has 1 aromatic heterocycles. The molecule has 1 aliphatic heterocycles. The zero-order valence-corrected chi connectivity index (χ0v) is 16.9. The van der Waals surface area contributed by atoms with Crippen molar-refractivity contribution in [2.24, 2.45) is 0 Å². The Balaban J connectivity index is 1.70. The number of methoxy groups -OCH3 is 1. The van der Waals surface area contributed by atoms with Gasteiger partial charge in [-0.3, -0.25) is 4.79 Å². The highest BCUT2D eigenvalue weighted by atomic mass is 32.2. The third-order valence-electron chi connectivity index (χ3n) is 5.46. The third-order valence-corrected chi connectivity index (χ3v) is 6.74. The molecule has 0 saturated heterocycles. The molecule has 2 aromatic rings. The molecular formula is C20H25N3O4S. The van der Waals surface area contributed by atoms with E-state index in [-0.39, 0.29) is 24.5 Å². The molecular weight excluding hydrogens is 378 g/mol. The topological polar surface area (TPSA) is 71.8 Å². The largest absolute Gasteiger partial charge is 0.496 e. The van der Waals surface area contributed by atoms with Crippen LogP contribution >= 0.6 is 0 Å². The van der Waals surface area contributed by atoms with Crippen LogP contribution in [0, 0.1) is 0 Å². The molecule has 1 fully saturated rings. The summed E-state index contributed by atoms with van der Waals surface area (Å²) < 4.78 is 33.4. The number of sulfonamides is 1. The lowest BCUT2D eigenvalue weighted by Crippen LogP contribution is -2.48. The Morgan fingerprint density at radius 1 is 1.18 bits per heavy atom. The monoisotopic (exact) mass is 403 g/mol. The fourth-order valence-electron chi connectivity index (χ4n) is 3.98.